The Hall–Kier alpha value is -1.37. The maximum Gasteiger partial charge on any atom is 0.418 e. The van der Waals surface area contributed by atoms with Crippen LogP contribution in [0.4, 0.5) is 18.9 Å². The number of hydrogen-bond acceptors (Lipinski definition) is 3. The molecule has 0 bridgehead atoms. The van der Waals surface area contributed by atoms with Gasteiger partial charge in [-0.15, -0.1) is 0 Å². The van der Waals surface area contributed by atoms with E-state index in [0.29, 0.717) is 18.3 Å². The zero-order valence-corrected chi connectivity index (χ0v) is 12.4. The van der Waals surface area contributed by atoms with E-state index in [4.69, 9.17) is 5.73 Å². The highest BCUT2D eigenvalue weighted by molar-refractivity contribution is 8.00. The fourth-order valence-electron chi connectivity index (χ4n) is 2.27. The molecule has 1 heterocycles. The molecule has 1 aliphatic rings. The van der Waals surface area contributed by atoms with Gasteiger partial charge in [0, 0.05) is 35.3 Å². The molecular formula is C14H17F3N2OS. The molecule has 0 radical (unpaired) electrons. The van der Waals surface area contributed by atoms with Gasteiger partial charge in [0.25, 0.3) is 5.91 Å². The Morgan fingerprint density at radius 3 is 2.81 bits per heavy atom. The predicted molar refractivity (Wildman–Crippen MR) is 78.3 cm³/mol. The summed E-state index contributed by atoms with van der Waals surface area (Å²) < 4.78 is 38.5. The Morgan fingerprint density at radius 2 is 2.19 bits per heavy atom. The number of benzene rings is 1. The van der Waals surface area contributed by atoms with Crippen molar-refractivity contribution in [3.63, 3.8) is 0 Å². The molecule has 0 aromatic heterocycles. The average Bonchev–Trinajstić information content (AvgIpc) is 2.46. The van der Waals surface area contributed by atoms with Gasteiger partial charge in [0.15, 0.2) is 0 Å². The second kappa shape index (κ2) is 6.17. The number of rotatable bonds is 2. The number of hydrogen-bond donors (Lipinski definition) is 1. The summed E-state index contributed by atoms with van der Waals surface area (Å²) in [5.74, 6) is 0.449. The molecule has 1 saturated heterocycles. The number of thioether (sulfide) groups is 1. The van der Waals surface area contributed by atoms with E-state index in [2.05, 4.69) is 0 Å². The van der Waals surface area contributed by atoms with E-state index < -0.39 is 11.7 Å². The maximum absolute atomic E-state index is 12.8. The second-order valence-electron chi connectivity index (χ2n) is 4.95. The van der Waals surface area contributed by atoms with Crippen molar-refractivity contribution in [2.75, 3.05) is 24.6 Å². The summed E-state index contributed by atoms with van der Waals surface area (Å²) in [4.78, 5) is 14.0. The summed E-state index contributed by atoms with van der Waals surface area (Å²) in [5, 5.41) is 0.346. The minimum atomic E-state index is -4.55. The Kier molecular flexibility index (Phi) is 4.70. The second-order valence-corrected chi connectivity index (χ2v) is 6.36. The maximum atomic E-state index is 12.8. The molecule has 1 aromatic rings. The Bertz CT molecular complexity index is 533. The molecule has 0 spiro atoms. The molecule has 7 heteroatoms. The number of carbonyl (C=O) groups is 1. The van der Waals surface area contributed by atoms with Crippen molar-refractivity contribution in [1.82, 2.24) is 4.90 Å². The Morgan fingerprint density at radius 1 is 1.48 bits per heavy atom. The summed E-state index contributed by atoms with van der Waals surface area (Å²) in [7, 11) is 0. The van der Waals surface area contributed by atoms with Gasteiger partial charge in [-0.05, 0) is 24.6 Å². The lowest BCUT2D eigenvalue weighted by molar-refractivity contribution is -0.136. The summed E-state index contributed by atoms with van der Waals surface area (Å²) in [6.45, 7) is 3.17. The standard InChI is InChI=1S/C14H17F3N2OS/c1-2-10-8-19(5-6-21-10)13(20)9-3-4-12(18)11(7-9)14(15,16)17/h3-4,7,10H,2,5-6,8,18H2,1H3. The first kappa shape index (κ1) is 16.0. The molecule has 2 N–H and O–H groups in total. The van der Waals surface area contributed by atoms with E-state index in [9.17, 15) is 18.0 Å². The number of alkyl halides is 3. The van der Waals surface area contributed by atoms with Crippen LogP contribution < -0.4 is 5.73 Å². The molecule has 1 unspecified atom stereocenters. The number of nitrogen functional groups attached to an aromatic ring is 1. The van der Waals surface area contributed by atoms with Gasteiger partial charge in [-0.1, -0.05) is 6.92 Å². The molecule has 3 nitrogen and oxygen atoms in total. The van der Waals surface area contributed by atoms with Crippen molar-refractivity contribution in [3.05, 3.63) is 29.3 Å². The molecule has 116 valence electrons. The molecule has 0 saturated carbocycles. The summed E-state index contributed by atoms with van der Waals surface area (Å²) in [6.07, 6.45) is -3.62. The van der Waals surface area contributed by atoms with E-state index >= 15 is 0 Å². The first-order valence-corrected chi connectivity index (χ1v) is 7.75. The lowest BCUT2D eigenvalue weighted by Gasteiger charge is -2.32. The molecule has 0 aliphatic carbocycles. The van der Waals surface area contributed by atoms with E-state index in [1.54, 1.807) is 16.7 Å². The van der Waals surface area contributed by atoms with Crippen molar-refractivity contribution in [2.24, 2.45) is 0 Å². The van der Waals surface area contributed by atoms with Gasteiger partial charge >= 0.3 is 6.18 Å². The molecule has 1 fully saturated rings. The van der Waals surface area contributed by atoms with Gasteiger partial charge in [0.1, 0.15) is 0 Å². The van der Waals surface area contributed by atoms with Crippen LogP contribution in [0.2, 0.25) is 0 Å². The van der Waals surface area contributed by atoms with Crippen LogP contribution >= 0.6 is 11.8 Å². The highest BCUT2D eigenvalue weighted by Crippen LogP contribution is 2.34. The summed E-state index contributed by atoms with van der Waals surface area (Å²) in [5.41, 5.74) is 4.08. The Labute approximate surface area is 125 Å². The van der Waals surface area contributed by atoms with E-state index in [-0.39, 0.29) is 17.2 Å². The SMILES string of the molecule is CCC1CN(C(=O)c2ccc(N)c(C(F)(F)F)c2)CCS1. The third-order valence-electron chi connectivity index (χ3n) is 3.49. The van der Waals surface area contributed by atoms with Gasteiger partial charge < -0.3 is 10.6 Å². The van der Waals surface area contributed by atoms with Crippen LogP contribution in [-0.4, -0.2) is 34.9 Å². The van der Waals surface area contributed by atoms with Crippen molar-refractivity contribution < 1.29 is 18.0 Å². The van der Waals surface area contributed by atoms with Crippen LogP contribution in [0.25, 0.3) is 0 Å². The highest BCUT2D eigenvalue weighted by Gasteiger charge is 2.34. The van der Waals surface area contributed by atoms with Crippen LogP contribution in [-0.2, 0) is 6.18 Å². The number of nitrogens with zero attached hydrogens (tertiary/aromatic N) is 1. The quantitative estimate of drug-likeness (QED) is 0.852. The number of nitrogens with two attached hydrogens (primary N) is 1. The molecule has 21 heavy (non-hydrogen) atoms. The lowest BCUT2D eigenvalue weighted by Crippen LogP contribution is -2.41. The van der Waals surface area contributed by atoms with Gasteiger partial charge in [0.2, 0.25) is 0 Å². The smallest absolute Gasteiger partial charge is 0.398 e. The van der Waals surface area contributed by atoms with Crippen molar-refractivity contribution >= 4 is 23.4 Å². The average molecular weight is 318 g/mol. The number of halogens is 3. The highest BCUT2D eigenvalue weighted by atomic mass is 32.2. The molecule has 1 amide bonds. The van der Waals surface area contributed by atoms with Crippen LogP contribution in [0, 0.1) is 0 Å². The van der Waals surface area contributed by atoms with Gasteiger partial charge in [0.05, 0.1) is 5.56 Å². The van der Waals surface area contributed by atoms with Crippen LogP contribution in [0.3, 0.4) is 0 Å². The minimum Gasteiger partial charge on any atom is -0.398 e. The fourth-order valence-corrected chi connectivity index (χ4v) is 3.45. The molecule has 1 aromatic carbocycles. The van der Waals surface area contributed by atoms with Crippen molar-refractivity contribution in [1.29, 1.82) is 0 Å². The van der Waals surface area contributed by atoms with E-state index in [1.807, 2.05) is 6.92 Å². The van der Waals surface area contributed by atoms with Crippen molar-refractivity contribution in [3.8, 4) is 0 Å². The van der Waals surface area contributed by atoms with Crippen LogP contribution in [0.15, 0.2) is 18.2 Å². The van der Waals surface area contributed by atoms with Crippen LogP contribution in [0.1, 0.15) is 29.3 Å². The lowest BCUT2D eigenvalue weighted by atomic mass is 10.1. The normalized spacial score (nSPS) is 19.6. The minimum absolute atomic E-state index is 0.0401. The van der Waals surface area contributed by atoms with Gasteiger partial charge in [-0.2, -0.15) is 24.9 Å². The monoisotopic (exact) mass is 318 g/mol. The summed E-state index contributed by atoms with van der Waals surface area (Å²) in [6, 6.07) is 3.35. The molecule has 2 rings (SSSR count). The fraction of sp³-hybridized carbons (Fsp3) is 0.500. The van der Waals surface area contributed by atoms with Gasteiger partial charge in [-0.25, -0.2) is 0 Å². The van der Waals surface area contributed by atoms with Crippen LogP contribution in [0.5, 0.6) is 0 Å². The molecule has 1 atom stereocenters. The zero-order valence-electron chi connectivity index (χ0n) is 11.6. The van der Waals surface area contributed by atoms with Gasteiger partial charge in [-0.3, -0.25) is 4.79 Å². The van der Waals surface area contributed by atoms with E-state index in [0.717, 1.165) is 24.3 Å². The molecular weight excluding hydrogens is 301 g/mol. The predicted octanol–water partition coefficient (Wildman–Crippen LogP) is 3.26. The number of carbonyl (C=O) groups excluding carboxylic acids is 1. The van der Waals surface area contributed by atoms with E-state index in [1.165, 1.54) is 6.07 Å². The first-order chi connectivity index (χ1) is 9.82. The third kappa shape index (κ3) is 3.64. The summed E-state index contributed by atoms with van der Waals surface area (Å²) >= 11 is 1.80. The largest absolute Gasteiger partial charge is 0.418 e. The third-order valence-corrected chi connectivity index (χ3v) is 4.86. The number of anilines is 1. The topological polar surface area (TPSA) is 46.3 Å². The number of amides is 1. The van der Waals surface area contributed by atoms with Crippen molar-refractivity contribution in [2.45, 2.75) is 24.8 Å². The Balaban J connectivity index is 2.23. The first-order valence-electron chi connectivity index (χ1n) is 6.70. The zero-order chi connectivity index (χ0) is 15.6. The molecule has 1 aliphatic heterocycles.